The number of amides is 1. The first-order chi connectivity index (χ1) is 13.1. The van der Waals surface area contributed by atoms with Crippen molar-refractivity contribution in [3.8, 4) is 11.1 Å². The molecule has 0 heterocycles. The fourth-order valence-electron chi connectivity index (χ4n) is 3.39. The Hall–Kier alpha value is -2.86. The Bertz CT molecular complexity index is 774. The first-order valence-corrected chi connectivity index (χ1v) is 9.04. The van der Waals surface area contributed by atoms with Crippen molar-refractivity contribution >= 4 is 12.1 Å². The van der Waals surface area contributed by atoms with Gasteiger partial charge in [0.05, 0.1) is 0 Å². The summed E-state index contributed by atoms with van der Waals surface area (Å²) in [6, 6.07) is 15.0. The summed E-state index contributed by atoms with van der Waals surface area (Å²) < 4.78 is 10.5. The van der Waals surface area contributed by atoms with E-state index in [1.807, 2.05) is 43.3 Å². The SMILES string of the molecule is CCOCCC(NC(=O)OCC1c2ccccc2-c2ccccc21)C(=O)O. The molecule has 1 aliphatic rings. The second kappa shape index (κ2) is 8.68. The third kappa shape index (κ3) is 4.28. The molecule has 0 fully saturated rings. The molecule has 142 valence electrons. The smallest absolute Gasteiger partial charge is 0.407 e. The molecule has 1 unspecified atom stereocenters. The van der Waals surface area contributed by atoms with Gasteiger partial charge in [0.15, 0.2) is 0 Å². The number of carboxylic acid groups (broad SMARTS) is 1. The van der Waals surface area contributed by atoms with Crippen molar-refractivity contribution in [3.05, 3.63) is 59.7 Å². The van der Waals surface area contributed by atoms with Gasteiger partial charge in [0, 0.05) is 25.6 Å². The summed E-state index contributed by atoms with van der Waals surface area (Å²) in [7, 11) is 0. The largest absolute Gasteiger partial charge is 0.480 e. The fraction of sp³-hybridized carbons (Fsp3) is 0.333. The van der Waals surface area contributed by atoms with Crippen molar-refractivity contribution < 1.29 is 24.2 Å². The predicted octanol–water partition coefficient (Wildman–Crippen LogP) is 3.40. The molecule has 6 heteroatoms. The lowest BCUT2D eigenvalue weighted by atomic mass is 9.98. The highest BCUT2D eigenvalue weighted by Crippen LogP contribution is 2.44. The van der Waals surface area contributed by atoms with Crippen molar-refractivity contribution in [2.45, 2.75) is 25.3 Å². The van der Waals surface area contributed by atoms with E-state index in [0.29, 0.717) is 6.61 Å². The number of hydrogen-bond donors (Lipinski definition) is 2. The van der Waals surface area contributed by atoms with Crippen LogP contribution in [0.3, 0.4) is 0 Å². The summed E-state index contributed by atoms with van der Waals surface area (Å²) in [5.41, 5.74) is 4.50. The van der Waals surface area contributed by atoms with Crippen LogP contribution >= 0.6 is 0 Å². The van der Waals surface area contributed by atoms with Crippen molar-refractivity contribution in [2.24, 2.45) is 0 Å². The van der Waals surface area contributed by atoms with Gasteiger partial charge in [-0.25, -0.2) is 9.59 Å². The number of carboxylic acids is 1. The van der Waals surface area contributed by atoms with Gasteiger partial charge in [-0.2, -0.15) is 0 Å². The van der Waals surface area contributed by atoms with Gasteiger partial charge in [-0.1, -0.05) is 48.5 Å². The van der Waals surface area contributed by atoms with E-state index in [-0.39, 0.29) is 25.6 Å². The summed E-state index contributed by atoms with van der Waals surface area (Å²) >= 11 is 0. The Morgan fingerprint density at radius 3 is 2.22 bits per heavy atom. The first kappa shape index (κ1) is 18.9. The fourth-order valence-corrected chi connectivity index (χ4v) is 3.39. The number of benzene rings is 2. The van der Waals surface area contributed by atoms with Crippen LogP contribution in [-0.4, -0.2) is 43.0 Å². The second-order valence-corrected chi connectivity index (χ2v) is 6.35. The molecule has 0 bridgehead atoms. The first-order valence-electron chi connectivity index (χ1n) is 9.04. The number of nitrogens with one attached hydrogen (secondary N) is 1. The Kier molecular flexibility index (Phi) is 6.08. The molecule has 0 saturated heterocycles. The van der Waals surface area contributed by atoms with Crippen LogP contribution in [0.25, 0.3) is 11.1 Å². The highest BCUT2D eigenvalue weighted by Gasteiger charge is 2.29. The van der Waals surface area contributed by atoms with Crippen LogP contribution in [-0.2, 0) is 14.3 Å². The van der Waals surface area contributed by atoms with Gasteiger partial charge in [-0.15, -0.1) is 0 Å². The normalized spacial score (nSPS) is 13.5. The van der Waals surface area contributed by atoms with E-state index in [0.717, 1.165) is 22.3 Å². The quantitative estimate of drug-likeness (QED) is 0.697. The second-order valence-electron chi connectivity index (χ2n) is 6.35. The highest BCUT2D eigenvalue weighted by molar-refractivity contribution is 5.81. The van der Waals surface area contributed by atoms with Gasteiger partial charge >= 0.3 is 12.1 Å². The van der Waals surface area contributed by atoms with Crippen LogP contribution < -0.4 is 5.32 Å². The van der Waals surface area contributed by atoms with E-state index in [1.54, 1.807) is 0 Å². The number of carbonyl (C=O) groups is 2. The van der Waals surface area contributed by atoms with Crippen molar-refractivity contribution in [3.63, 3.8) is 0 Å². The van der Waals surface area contributed by atoms with Gasteiger partial charge in [0.2, 0.25) is 0 Å². The number of hydrogen-bond acceptors (Lipinski definition) is 4. The van der Waals surface area contributed by atoms with E-state index in [9.17, 15) is 14.7 Å². The molecule has 2 aromatic rings. The summed E-state index contributed by atoms with van der Waals surface area (Å²) in [4.78, 5) is 23.4. The highest BCUT2D eigenvalue weighted by atomic mass is 16.5. The molecule has 0 radical (unpaired) electrons. The topological polar surface area (TPSA) is 84.9 Å². The molecule has 3 rings (SSSR count). The zero-order chi connectivity index (χ0) is 19.2. The molecule has 0 spiro atoms. The molecule has 1 amide bonds. The average molecular weight is 369 g/mol. The molecule has 0 aromatic heterocycles. The van der Waals surface area contributed by atoms with E-state index in [1.165, 1.54) is 0 Å². The third-order valence-corrected chi connectivity index (χ3v) is 4.69. The minimum absolute atomic E-state index is 0.0603. The Balaban J connectivity index is 1.64. The summed E-state index contributed by atoms with van der Waals surface area (Å²) in [5.74, 6) is -1.17. The standard InChI is InChI=1S/C21H23NO5/c1-2-26-12-11-19(20(23)24)22-21(25)27-13-18-16-9-5-3-7-14(16)15-8-4-6-10-17(15)18/h3-10,18-19H,2,11-13H2,1H3,(H,22,25)(H,23,24). The number of carbonyl (C=O) groups excluding carboxylic acids is 1. The van der Waals surface area contributed by atoms with Gasteiger partial charge in [-0.3, -0.25) is 0 Å². The van der Waals surface area contributed by atoms with Crippen LogP contribution in [0.5, 0.6) is 0 Å². The lowest BCUT2D eigenvalue weighted by molar-refractivity contribution is -0.139. The Labute approximate surface area is 158 Å². The minimum atomic E-state index is -1.11. The molecule has 6 nitrogen and oxygen atoms in total. The minimum Gasteiger partial charge on any atom is -0.480 e. The molecule has 0 aliphatic heterocycles. The molecule has 2 N–H and O–H groups in total. The lowest BCUT2D eigenvalue weighted by Gasteiger charge is -2.17. The maximum atomic E-state index is 12.1. The Morgan fingerprint density at radius 1 is 1.07 bits per heavy atom. The maximum absolute atomic E-state index is 12.1. The van der Waals surface area contributed by atoms with E-state index >= 15 is 0 Å². The van der Waals surface area contributed by atoms with Gasteiger partial charge in [0.25, 0.3) is 0 Å². The molecular weight excluding hydrogens is 346 g/mol. The van der Waals surface area contributed by atoms with Crippen LogP contribution in [0.4, 0.5) is 4.79 Å². The van der Waals surface area contributed by atoms with Gasteiger partial charge in [0.1, 0.15) is 12.6 Å². The number of rotatable bonds is 8. The molecule has 2 aromatic carbocycles. The van der Waals surface area contributed by atoms with Crippen molar-refractivity contribution in [1.82, 2.24) is 5.32 Å². The number of alkyl carbamates (subject to hydrolysis) is 1. The number of ether oxygens (including phenoxy) is 2. The van der Waals surface area contributed by atoms with Crippen LogP contribution in [0, 0.1) is 0 Å². The molecular formula is C21H23NO5. The van der Waals surface area contributed by atoms with Crippen LogP contribution in [0.15, 0.2) is 48.5 Å². The predicted molar refractivity (Wildman–Crippen MR) is 101 cm³/mol. The van der Waals surface area contributed by atoms with Crippen molar-refractivity contribution in [1.29, 1.82) is 0 Å². The summed E-state index contributed by atoms with van der Waals surface area (Å²) in [6.45, 7) is 2.74. The van der Waals surface area contributed by atoms with Crippen LogP contribution in [0.2, 0.25) is 0 Å². The monoisotopic (exact) mass is 369 g/mol. The average Bonchev–Trinajstić information content (AvgIpc) is 2.99. The third-order valence-electron chi connectivity index (χ3n) is 4.69. The number of fused-ring (bicyclic) bond motifs is 3. The van der Waals surface area contributed by atoms with Gasteiger partial charge in [-0.05, 0) is 29.2 Å². The molecule has 0 saturated carbocycles. The van der Waals surface area contributed by atoms with Crippen LogP contribution in [0.1, 0.15) is 30.4 Å². The van der Waals surface area contributed by atoms with E-state index in [2.05, 4.69) is 17.4 Å². The van der Waals surface area contributed by atoms with E-state index < -0.39 is 18.1 Å². The lowest BCUT2D eigenvalue weighted by Crippen LogP contribution is -2.42. The molecule has 1 atom stereocenters. The van der Waals surface area contributed by atoms with Gasteiger partial charge < -0.3 is 19.9 Å². The Morgan fingerprint density at radius 2 is 1.67 bits per heavy atom. The molecule has 1 aliphatic carbocycles. The summed E-state index contributed by atoms with van der Waals surface area (Å²) in [6.07, 6.45) is -0.548. The zero-order valence-corrected chi connectivity index (χ0v) is 15.2. The summed E-state index contributed by atoms with van der Waals surface area (Å²) in [5, 5.41) is 11.6. The van der Waals surface area contributed by atoms with Crippen molar-refractivity contribution in [2.75, 3.05) is 19.8 Å². The number of aliphatic carboxylic acids is 1. The maximum Gasteiger partial charge on any atom is 0.407 e. The molecule has 27 heavy (non-hydrogen) atoms. The zero-order valence-electron chi connectivity index (χ0n) is 15.2. The van der Waals surface area contributed by atoms with E-state index in [4.69, 9.17) is 9.47 Å².